The highest BCUT2D eigenvalue weighted by atomic mass is 15.1. The van der Waals surface area contributed by atoms with Gasteiger partial charge in [-0.3, -0.25) is 0 Å². The molecule has 0 radical (unpaired) electrons. The molecule has 0 N–H and O–H groups in total. The molecule has 0 aliphatic carbocycles. The summed E-state index contributed by atoms with van der Waals surface area (Å²) in [6.07, 6.45) is 2.23. The van der Waals surface area contributed by atoms with Crippen LogP contribution in [-0.4, -0.2) is 24.5 Å². The van der Waals surface area contributed by atoms with Gasteiger partial charge in [0.05, 0.1) is 0 Å². The molecule has 98 valence electrons. The molecular formula is C15H33N. The molecule has 0 amide bonds. The highest BCUT2D eigenvalue weighted by Gasteiger charge is 2.31. The quantitative estimate of drug-likeness (QED) is 0.613. The second-order valence-electron chi connectivity index (χ2n) is 5.72. The minimum absolute atomic E-state index is 0.238. The lowest BCUT2D eigenvalue weighted by Crippen LogP contribution is -2.42. The Morgan fingerprint density at radius 1 is 1.06 bits per heavy atom. The third kappa shape index (κ3) is 5.69. The van der Waals surface area contributed by atoms with E-state index in [1.54, 1.807) is 0 Å². The molecule has 0 unspecified atom stereocenters. The first-order valence-electron chi connectivity index (χ1n) is 6.49. The predicted molar refractivity (Wildman–Crippen MR) is 76.9 cm³/mol. The molecule has 0 aromatic heterocycles. The van der Waals surface area contributed by atoms with Crippen LogP contribution in [0.15, 0.2) is 12.2 Å². The average Bonchev–Trinajstić information content (AvgIpc) is 2.17. The molecule has 0 heterocycles. The van der Waals surface area contributed by atoms with Crippen LogP contribution in [0.5, 0.6) is 0 Å². The largest absolute Gasteiger partial charge is 0.304 e. The fourth-order valence-electron chi connectivity index (χ4n) is 1.84. The maximum absolute atomic E-state index is 4.17. The predicted octanol–water partition coefficient (Wildman–Crippen LogP) is 4.74. The number of nitrogens with zero attached hydrogens (tertiary/aromatic N) is 1. The zero-order valence-electron chi connectivity index (χ0n) is 13.1. The summed E-state index contributed by atoms with van der Waals surface area (Å²) in [6.45, 7) is 19.5. The molecular weight excluding hydrogens is 194 g/mol. The number of rotatable bonds is 5. The smallest absolute Gasteiger partial charge is 0.0155 e. The van der Waals surface area contributed by atoms with E-state index in [-0.39, 0.29) is 11.0 Å². The van der Waals surface area contributed by atoms with Gasteiger partial charge in [0.15, 0.2) is 0 Å². The van der Waals surface area contributed by atoms with Crippen molar-refractivity contribution in [3.63, 3.8) is 0 Å². The molecule has 1 nitrogen and oxygen atoms in total. The summed E-state index contributed by atoms with van der Waals surface area (Å²) >= 11 is 0. The first kappa shape index (κ1) is 18.1. The molecule has 0 spiro atoms. The fraction of sp³-hybridized carbons (Fsp3) is 0.867. The minimum Gasteiger partial charge on any atom is -0.304 e. The molecule has 0 aromatic rings. The van der Waals surface area contributed by atoms with E-state index < -0.39 is 0 Å². The van der Waals surface area contributed by atoms with Crippen molar-refractivity contribution in [1.82, 2.24) is 4.90 Å². The van der Waals surface area contributed by atoms with Gasteiger partial charge in [-0.05, 0) is 46.2 Å². The van der Waals surface area contributed by atoms with E-state index in [1.807, 2.05) is 13.8 Å². The standard InChI is InChI=1S/C13H27N.C2H6/c1-9-11(2)12(3,4)10-13(5,6)14(7)8;1-2/h2,9-10H2,1,3-8H3;1-2H3. The Kier molecular flexibility index (Phi) is 8.03. The molecule has 0 aliphatic rings. The van der Waals surface area contributed by atoms with Crippen molar-refractivity contribution in [2.45, 2.75) is 66.8 Å². The third-order valence-corrected chi connectivity index (χ3v) is 3.47. The molecule has 0 saturated carbocycles. The van der Waals surface area contributed by atoms with Crippen LogP contribution in [0.1, 0.15) is 61.3 Å². The van der Waals surface area contributed by atoms with Crippen molar-refractivity contribution in [2.75, 3.05) is 14.1 Å². The van der Waals surface area contributed by atoms with Gasteiger partial charge < -0.3 is 4.90 Å². The van der Waals surface area contributed by atoms with Crippen molar-refractivity contribution in [3.8, 4) is 0 Å². The van der Waals surface area contributed by atoms with Crippen molar-refractivity contribution >= 4 is 0 Å². The molecule has 0 saturated heterocycles. The van der Waals surface area contributed by atoms with Gasteiger partial charge in [-0.25, -0.2) is 0 Å². The second-order valence-corrected chi connectivity index (χ2v) is 5.72. The molecule has 1 heteroatoms. The maximum atomic E-state index is 4.17. The lowest BCUT2D eigenvalue weighted by atomic mass is 9.74. The summed E-state index contributed by atoms with van der Waals surface area (Å²) in [5.74, 6) is 0. The van der Waals surface area contributed by atoms with Gasteiger partial charge in [0.2, 0.25) is 0 Å². The third-order valence-electron chi connectivity index (χ3n) is 3.47. The van der Waals surface area contributed by atoms with E-state index in [2.05, 4.69) is 60.2 Å². The van der Waals surface area contributed by atoms with Crippen molar-refractivity contribution in [3.05, 3.63) is 12.2 Å². The molecule has 0 aromatic carbocycles. The van der Waals surface area contributed by atoms with Gasteiger partial charge in [0.1, 0.15) is 0 Å². The monoisotopic (exact) mass is 227 g/mol. The Bertz CT molecular complexity index is 199. The number of hydrogen-bond donors (Lipinski definition) is 0. The zero-order chi connectivity index (χ0) is 13.6. The Balaban J connectivity index is 0. The van der Waals surface area contributed by atoms with E-state index in [0.717, 1.165) is 12.8 Å². The molecule has 0 rings (SSSR count). The number of hydrogen-bond acceptors (Lipinski definition) is 1. The topological polar surface area (TPSA) is 3.24 Å². The second kappa shape index (κ2) is 7.11. The molecule has 0 aliphatic heterocycles. The SMILES string of the molecule is C=C(CC)C(C)(C)CC(C)(C)N(C)C.CC. The Hall–Kier alpha value is -0.300. The van der Waals surface area contributed by atoms with E-state index in [1.165, 1.54) is 5.57 Å². The molecule has 16 heavy (non-hydrogen) atoms. The normalized spacial score (nSPS) is 12.1. The van der Waals surface area contributed by atoms with Gasteiger partial charge in [0.25, 0.3) is 0 Å². The summed E-state index contributed by atoms with van der Waals surface area (Å²) in [5, 5.41) is 0. The van der Waals surface area contributed by atoms with Gasteiger partial charge in [0, 0.05) is 5.54 Å². The minimum atomic E-state index is 0.238. The van der Waals surface area contributed by atoms with Crippen molar-refractivity contribution in [1.29, 1.82) is 0 Å². The van der Waals surface area contributed by atoms with Crippen LogP contribution in [-0.2, 0) is 0 Å². The lowest BCUT2D eigenvalue weighted by Gasteiger charge is -2.40. The first-order chi connectivity index (χ1) is 7.13. The summed E-state index contributed by atoms with van der Waals surface area (Å²) in [7, 11) is 4.29. The Morgan fingerprint density at radius 3 is 1.69 bits per heavy atom. The van der Waals surface area contributed by atoms with E-state index in [9.17, 15) is 0 Å². The molecule has 0 atom stereocenters. The van der Waals surface area contributed by atoms with Crippen LogP contribution in [0.3, 0.4) is 0 Å². The van der Waals surface area contributed by atoms with Crippen molar-refractivity contribution < 1.29 is 0 Å². The summed E-state index contributed by atoms with van der Waals surface area (Å²) < 4.78 is 0. The highest BCUT2D eigenvalue weighted by Crippen LogP contribution is 2.37. The van der Waals surface area contributed by atoms with Crippen LogP contribution < -0.4 is 0 Å². The van der Waals surface area contributed by atoms with Gasteiger partial charge in [-0.2, -0.15) is 0 Å². The average molecular weight is 227 g/mol. The molecule has 0 bridgehead atoms. The van der Waals surface area contributed by atoms with Crippen LogP contribution in [0.4, 0.5) is 0 Å². The van der Waals surface area contributed by atoms with Crippen LogP contribution in [0.25, 0.3) is 0 Å². The van der Waals surface area contributed by atoms with Gasteiger partial charge in [-0.15, -0.1) is 0 Å². The van der Waals surface area contributed by atoms with Crippen LogP contribution >= 0.6 is 0 Å². The van der Waals surface area contributed by atoms with Gasteiger partial charge in [-0.1, -0.05) is 46.8 Å². The summed E-state index contributed by atoms with van der Waals surface area (Å²) in [4.78, 5) is 2.29. The van der Waals surface area contributed by atoms with Crippen LogP contribution in [0.2, 0.25) is 0 Å². The maximum Gasteiger partial charge on any atom is 0.0155 e. The van der Waals surface area contributed by atoms with Crippen molar-refractivity contribution in [2.24, 2.45) is 5.41 Å². The Morgan fingerprint density at radius 2 is 1.44 bits per heavy atom. The lowest BCUT2D eigenvalue weighted by molar-refractivity contribution is 0.135. The van der Waals surface area contributed by atoms with E-state index >= 15 is 0 Å². The molecule has 0 fully saturated rings. The highest BCUT2D eigenvalue weighted by molar-refractivity contribution is 5.08. The zero-order valence-corrected chi connectivity index (χ0v) is 13.1. The number of allylic oxidation sites excluding steroid dienone is 1. The van der Waals surface area contributed by atoms with Crippen LogP contribution in [0, 0.1) is 5.41 Å². The van der Waals surface area contributed by atoms with Gasteiger partial charge >= 0.3 is 0 Å². The fourth-order valence-corrected chi connectivity index (χ4v) is 1.84. The van der Waals surface area contributed by atoms with E-state index in [4.69, 9.17) is 0 Å². The Labute approximate surface area is 104 Å². The summed E-state index contributed by atoms with van der Waals surface area (Å²) in [6, 6.07) is 0. The van der Waals surface area contributed by atoms with E-state index in [0.29, 0.717) is 0 Å². The first-order valence-corrected chi connectivity index (χ1v) is 6.49. The summed E-state index contributed by atoms with van der Waals surface area (Å²) in [5.41, 5.74) is 1.83.